The molecule has 0 spiro atoms. The zero-order valence-corrected chi connectivity index (χ0v) is 16.8. The van der Waals surface area contributed by atoms with Gasteiger partial charge in [-0.15, -0.1) is 0 Å². The minimum absolute atomic E-state index is 0.278. The summed E-state index contributed by atoms with van der Waals surface area (Å²) in [4.78, 5) is 16.3. The number of aliphatic hydroxyl groups is 1. The van der Waals surface area contributed by atoms with Crippen molar-refractivity contribution in [3.8, 4) is 0 Å². The summed E-state index contributed by atoms with van der Waals surface area (Å²) in [5.41, 5.74) is 3.62. The Bertz CT molecular complexity index is 774. The van der Waals surface area contributed by atoms with Crippen LogP contribution in [0.4, 0.5) is 0 Å². The highest BCUT2D eigenvalue weighted by Crippen LogP contribution is 2.21. The maximum atomic E-state index is 11.2. The Morgan fingerprint density at radius 2 is 1.57 bits per heavy atom. The van der Waals surface area contributed by atoms with E-state index in [1.54, 1.807) is 6.08 Å². The number of nitrogens with zero attached hydrogens (tertiary/aromatic N) is 2. The van der Waals surface area contributed by atoms with E-state index in [0.29, 0.717) is 12.1 Å². The second kappa shape index (κ2) is 9.78. The molecule has 1 N–H and O–H groups in total. The number of aliphatic hydroxyl groups excluding tert-OH is 1. The first-order chi connectivity index (χ1) is 13.5. The molecule has 0 unspecified atom stereocenters. The van der Waals surface area contributed by atoms with E-state index in [9.17, 15) is 4.79 Å². The summed E-state index contributed by atoms with van der Waals surface area (Å²) in [6, 6.07) is 20.0. The van der Waals surface area contributed by atoms with Crippen molar-refractivity contribution >= 4 is 11.9 Å². The maximum Gasteiger partial charge on any atom is 0.181 e. The molecule has 0 radical (unpaired) electrons. The standard InChI is InChI=1S/C24H30N2O2/c1-19-14-25(16-22-6-4-3-5-7-22)15-20(2)26(19)17-23-10-8-21(9-11-23)12-13-24(28)18-27/h3-13,19-20,27H,14-18H2,1-2H3/b13-12+/t19-,20+. The van der Waals surface area contributed by atoms with Crippen LogP contribution in [0.5, 0.6) is 0 Å². The first-order valence-electron chi connectivity index (χ1n) is 9.98. The fraction of sp³-hybridized carbons (Fsp3) is 0.375. The monoisotopic (exact) mass is 378 g/mol. The molecule has 148 valence electrons. The molecule has 28 heavy (non-hydrogen) atoms. The maximum absolute atomic E-state index is 11.2. The van der Waals surface area contributed by atoms with Crippen LogP contribution < -0.4 is 0 Å². The van der Waals surface area contributed by atoms with Gasteiger partial charge in [-0.05, 0) is 36.6 Å². The van der Waals surface area contributed by atoms with E-state index in [0.717, 1.165) is 31.7 Å². The Labute approximate surface area is 168 Å². The molecule has 1 aliphatic rings. The largest absolute Gasteiger partial charge is 0.388 e. The summed E-state index contributed by atoms with van der Waals surface area (Å²) in [7, 11) is 0. The van der Waals surface area contributed by atoms with Gasteiger partial charge in [0.05, 0.1) is 0 Å². The number of benzene rings is 2. The van der Waals surface area contributed by atoms with E-state index in [4.69, 9.17) is 5.11 Å². The first kappa shape index (κ1) is 20.5. The Morgan fingerprint density at radius 3 is 2.18 bits per heavy atom. The van der Waals surface area contributed by atoms with Crippen LogP contribution in [0.25, 0.3) is 6.08 Å². The van der Waals surface area contributed by atoms with Gasteiger partial charge in [0.25, 0.3) is 0 Å². The van der Waals surface area contributed by atoms with Gasteiger partial charge < -0.3 is 5.11 Å². The van der Waals surface area contributed by atoms with Crippen molar-refractivity contribution < 1.29 is 9.90 Å². The quantitative estimate of drug-likeness (QED) is 0.751. The van der Waals surface area contributed by atoms with Gasteiger partial charge in [-0.25, -0.2) is 0 Å². The molecule has 4 heteroatoms. The Hall–Kier alpha value is -2.27. The molecule has 1 aliphatic heterocycles. The van der Waals surface area contributed by atoms with E-state index in [1.807, 2.05) is 12.1 Å². The zero-order chi connectivity index (χ0) is 19.9. The molecule has 0 aliphatic carbocycles. The van der Waals surface area contributed by atoms with Crippen LogP contribution in [-0.2, 0) is 17.9 Å². The first-order valence-corrected chi connectivity index (χ1v) is 9.98. The molecule has 1 saturated heterocycles. The van der Waals surface area contributed by atoms with Crippen molar-refractivity contribution in [3.05, 3.63) is 77.4 Å². The van der Waals surface area contributed by atoms with E-state index < -0.39 is 6.61 Å². The smallest absolute Gasteiger partial charge is 0.181 e. The summed E-state index contributed by atoms with van der Waals surface area (Å²) in [6.07, 6.45) is 3.17. The second-order valence-corrected chi connectivity index (χ2v) is 7.75. The summed E-state index contributed by atoms with van der Waals surface area (Å²) in [5, 5.41) is 8.78. The van der Waals surface area contributed by atoms with E-state index in [1.165, 1.54) is 17.2 Å². The van der Waals surface area contributed by atoms with Gasteiger partial charge in [-0.3, -0.25) is 14.6 Å². The highest BCUT2D eigenvalue weighted by Gasteiger charge is 2.29. The van der Waals surface area contributed by atoms with Crippen molar-refractivity contribution in [2.24, 2.45) is 0 Å². The average molecular weight is 379 g/mol. The van der Waals surface area contributed by atoms with Crippen LogP contribution in [-0.4, -0.2) is 52.5 Å². The molecule has 2 aromatic rings. The van der Waals surface area contributed by atoms with Crippen LogP contribution in [0.2, 0.25) is 0 Å². The highest BCUT2D eigenvalue weighted by molar-refractivity contribution is 5.94. The van der Waals surface area contributed by atoms with Crippen molar-refractivity contribution in [1.82, 2.24) is 9.80 Å². The van der Waals surface area contributed by atoms with E-state index >= 15 is 0 Å². The topological polar surface area (TPSA) is 43.8 Å². The van der Waals surface area contributed by atoms with Crippen molar-refractivity contribution in [3.63, 3.8) is 0 Å². The van der Waals surface area contributed by atoms with Crippen molar-refractivity contribution in [1.29, 1.82) is 0 Å². The number of carbonyl (C=O) groups is 1. The van der Waals surface area contributed by atoms with Crippen LogP contribution in [0.1, 0.15) is 30.5 Å². The Morgan fingerprint density at radius 1 is 0.964 bits per heavy atom. The van der Waals surface area contributed by atoms with Gasteiger partial charge >= 0.3 is 0 Å². The van der Waals surface area contributed by atoms with Crippen LogP contribution in [0.15, 0.2) is 60.7 Å². The number of carbonyl (C=O) groups excluding carboxylic acids is 1. The lowest BCUT2D eigenvalue weighted by atomic mass is 10.0. The molecular weight excluding hydrogens is 348 g/mol. The number of rotatable bonds is 7. The van der Waals surface area contributed by atoms with Gasteiger partial charge in [0.1, 0.15) is 6.61 Å². The highest BCUT2D eigenvalue weighted by atomic mass is 16.3. The van der Waals surface area contributed by atoms with Gasteiger partial charge in [0.2, 0.25) is 0 Å². The molecule has 4 nitrogen and oxygen atoms in total. The fourth-order valence-electron chi connectivity index (χ4n) is 3.94. The molecule has 0 amide bonds. The lowest BCUT2D eigenvalue weighted by Crippen LogP contribution is -2.55. The van der Waals surface area contributed by atoms with E-state index in [-0.39, 0.29) is 5.78 Å². The van der Waals surface area contributed by atoms with Gasteiger partial charge in [0.15, 0.2) is 5.78 Å². The molecule has 2 atom stereocenters. The molecule has 1 fully saturated rings. The molecule has 0 bridgehead atoms. The molecule has 3 rings (SSSR count). The number of hydrogen-bond acceptors (Lipinski definition) is 4. The lowest BCUT2D eigenvalue weighted by Gasteiger charge is -2.44. The van der Waals surface area contributed by atoms with E-state index in [2.05, 4.69) is 66.1 Å². The predicted molar refractivity (Wildman–Crippen MR) is 114 cm³/mol. The molecule has 0 aromatic heterocycles. The Balaban J connectivity index is 1.57. The second-order valence-electron chi connectivity index (χ2n) is 7.75. The number of ketones is 1. The normalized spacial score (nSPS) is 21.2. The summed E-state index contributed by atoms with van der Waals surface area (Å²) >= 11 is 0. The third kappa shape index (κ3) is 5.61. The fourth-order valence-corrected chi connectivity index (χ4v) is 3.94. The minimum atomic E-state index is -0.444. The van der Waals surface area contributed by atoms with Gasteiger partial charge in [-0.1, -0.05) is 60.7 Å². The zero-order valence-electron chi connectivity index (χ0n) is 16.8. The van der Waals surface area contributed by atoms with Crippen LogP contribution >= 0.6 is 0 Å². The Kier molecular flexibility index (Phi) is 7.15. The predicted octanol–water partition coefficient (Wildman–Crippen LogP) is 3.36. The minimum Gasteiger partial charge on any atom is -0.388 e. The molecule has 1 heterocycles. The summed E-state index contributed by atoms with van der Waals surface area (Å²) in [5.74, 6) is -0.278. The van der Waals surface area contributed by atoms with Crippen LogP contribution in [0, 0.1) is 0 Å². The van der Waals surface area contributed by atoms with Crippen molar-refractivity contribution in [2.75, 3.05) is 19.7 Å². The number of hydrogen-bond donors (Lipinski definition) is 1. The van der Waals surface area contributed by atoms with Gasteiger partial charge in [0, 0.05) is 38.3 Å². The molecular formula is C24H30N2O2. The third-order valence-corrected chi connectivity index (χ3v) is 5.39. The third-order valence-electron chi connectivity index (χ3n) is 5.39. The molecule has 2 aromatic carbocycles. The van der Waals surface area contributed by atoms with Crippen molar-refractivity contribution in [2.45, 2.75) is 39.0 Å². The lowest BCUT2D eigenvalue weighted by molar-refractivity contribution is -0.117. The SMILES string of the molecule is C[C@@H]1CN(Cc2ccccc2)C[C@H](C)N1Cc1ccc(/C=C/C(=O)CO)cc1. The molecule has 0 saturated carbocycles. The van der Waals surface area contributed by atoms with Crippen LogP contribution in [0.3, 0.4) is 0 Å². The summed E-state index contributed by atoms with van der Waals surface area (Å²) < 4.78 is 0. The van der Waals surface area contributed by atoms with Gasteiger partial charge in [-0.2, -0.15) is 0 Å². The number of piperazine rings is 1. The summed E-state index contributed by atoms with van der Waals surface area (Å²) in [6.45, 7) is 8.27. The average Bonchev–Trinajstić information content (AvgIpc) is 2.70.